The van der Waals surface area contributed by atoms with Crippen LogP contribution in [0.3, 0.4) is 0 Å². The molecule has 2 rings (SSSR count). The predicted molar refractivity (Wildman–Crippen MR) is 76.1 cm³/mol. The first kappa shape index (κ1) is 13.3. The van der Waals surface area contributed by atoms with Crippen molar-refractivity contribution in [3.8, 4) is 5.75 Å². The summed E-state index contributed by atoms with van der Waals surface area (Å²) >= 11 is 0. The zero-order valence-electron chi connectivity index (χ0n) is 11.2. The summed E-state index contributed by atoms with van der Waals surface area (Å²) in [7, 11) is 0. The molecule has 0 unspecified atom stereocenters. The van der Waals surface area contributed by atoms with Crippen molar-refractivity contribution in [2.45, 2.75) is 25.9 Å². The van der Waals surface area contributed by atoms with Gasteiger partial charge in [0.05, 0.1) is 0 Å². The quantitative estimate of drug-likeness (QED) is 0.814. The molecule has 2 aromatic rings. The molecule has 2 aromatic carbocycles. The lowest BCUT2D eigenvalue weighted by Crippen LogP contribution is -2.31. The lowest BCUT2D eigenvalue weighted by Gasteiger charge is -2.26. The molecule has 0 aliphatic carbocycles. The molecule has 0 aliphatic heterocycles. The van der Waals surface area contributed by atoms with E-state index in [9.17, 15) is 4.79 Å². The van der Waals surface area contributed by atoms with Crippen LogP contribution in [0.25, 0.3) is 0 Å². The van der Waals surface area contributed by atoms with Gasteiger partial charge in [-0.2, -0.15) is 0 Å². The zero-order chi connectivity index (χ0) is 13.7. The van der Waals surface area contributed by atoms with Crippen LogP contribution in [-0.2, 0) is 11.2 Å². The van der Waals surface area contributed by atoms with E-state index in [1.54, 1.807) is 18.2 Å². The van der Waals surface area contributed by atoms with Gasteiger partial charge in [0.25, 0.3) is 0 Å². The SMILES string of the molecule is CC(C)(Cc1ccccc1)Oc1cccc([C]=O)c1. The van der Waals surface area contributed by atoms with Crippen molar-refractivity contribution < 1.29 is 9.53 Å². The number of carbonyl (C=O) groups excluding carboxylic acids is 1. The van der Waals surface area contributed by atoms with Crippen LogP contribution in [0, 0.1) is 0 Å². The van der Waals surface area contributed by atoms with Gasteiger partial charge in [-0.15, -0.1) is 0 Å². The fraction of sp³-hybridized carbons (Fsp3) is 0.235. The Morgan fingerprint density at radius 2 is 1.79 bits per heavy atom. The Labute approximate surface area is 114 Å². The Balaban J connectivity index is 2.09. The third-order valence-corrected chi connectivity index (χ3v) is 2.82. The van der Waals surface area contributed by atoms with Gasteiger partial charge in [-0.25, -0.2) is 0 Å². The summed E-state index contributed by atoms with van der Waals surface area (Å²) in [5.74, 6) is 0.696. The fourth-order valence-electron chi connectivity index (χ4n) is 2.07. The molecule has 0 aromatic heterocycles. The fourth-order valence-corrected chi connectivity index (χ4v) is 2.07. The van der Waals surface area contributed by atoms with E-state index in [0.29, 0.717) is 11.3 Å². The molecular formula is C17H17O2. The monoisotopic (exact) mass is 253 g/mol. The van der Waals surface area contributed by atoms with Gasteiger partial charge in [0.2, 0.25) is 6.29 Å². The molecule has 0 saturated heterocycles. The number of hydrogen-bond donors (Lipinski definition) is 0. The van der Waals surface area contributed by atoms with Crippen molar-refractivity contribution in [1.82, 2.24) is 0 Å². The van der Waals surface area contributed by atoms with Gasteiger partial charge >= 0.3 is 0 Å². The first-order chi connectivity index (χ1) is 9.09. The average molecular weight is 253 g/mol. The molecular weight excluding hydrogens is 236 g/mol. The van der Waals surface area contributed by atoms with Gasteiger partial charge in [-0.3, -0.25) is 4.79 Å². The molecule has 97 valence electrons. The van der Waals surface area contributed by atoms with Crippen molar-refractivity contribution in [2.24, 2.45) is 0 Å². The Kier molecular flexibility index (Phi) is 4.00. The third-order valence-electron chi connectivity index (χ3n) is 2.82. The van der Waals surface area contributed by atoms with E-state index < -0.39 is 0 Å². The van der Waals surface area contributed by atoms with E-state index in [0.717, 1.165) is 6.42 Å². The summed E-state index contributed by atoms with van der Waals surface area (Å²) in [5, 5.41) is 0. The van der Waals surface area contributed by atoms with Crippen LogP contribution in [0.5, 0.6) is 5.75 Å². The topological polar surface area (TPSA) is 26.3 Å². The van der Waals surface area contributed by atoms with E-state index >= 15 is 0 Å². The zero-order valence-corrected chi connectivity index (χ0v) is 11.2. The van der Waals surface area contributed by atoms with Crippen molar-refractivity contribution in [3.63, 3.8) is 0 Å². The molecule has 0 saturated carbocycles. The second-order valence-corrected chi connectivity index (χ2v) is 5.15. The maximum absolute atomic E-state index is 10.6. The van der Waals surface area contributed by atoms with Crippen LogP contribution in [-0.4, -0.2) is 11.9 Å². The molecule has 1 radical (unpaired) electrons. The van der Waals surface area contributed by atoms with E-state index in [4.69, 9.17) is 4.74 Å². The van der Waals surface area contributed by atoms with Gasteiger partial charge in [0, 0.05) is 12.0 Å². The molecule has 0 amide bonds. The van der Waals surface area contributed by atoms with Crippen molar-refractivity contribution in [3.05, 3.63) is 65.7 Å². The van der Waals surface area contributed by atoms with Gasteiger partial charge < -0.3 is 4.74 Å². The molecule has 0 heterocycles. The molecule has 0 spiro atoms. The van der Waals surface area contributed by atoms with Gasteiger partial charge in [0.1, 0.15) is 11.4 Å². The highest BCUT2D eigenvalue weighted by Crippen LogP contribution is 2.22. The molecule has 0 aliphatic rings. The maximum Gasteiger partial charge on any atom is 0.233 e. The smallest absolute Gasteiger partial charge is 0.233 e. The third kappa shape index (κ3) is 3.95. The van der Waals surface area contributed by atoms with Gasteiger partial charge in [-0.05, 0) is 31.5 Å². The largest absolute Gasteiger partial charge is 0.488 e. The van der Waals surface area contributed by atoms with E-state index in [1.807, 2.05) is 44.4 Å². The van der Waals surface area contributed by atoms with Crippen LogP contribution in [0.15, 0.2) is 54.6 Å². The van der Waals surface area contributed by atoms with E-state index in [2.05, 4.69) is 12.1 Å². The van der Waals surface area contributed by atoms with Gasteiger partial charge in [-0.1, -0.05) is 42.5 Å². The normalized spacial score (nSPS) is 11.1. The summed E-state index contributed by atoms with van der Waals surface area (Å²) < 4.78 is 5.97. The number of benzene rings is 2. The second-order valence-electron chi connectivity index (χ2n) is 5.15. The molecule has 2 heteroatoms. The molecule has 19 heavy (non-hydrogen) atoms. The predicted octanol–water partition coefficient (Wildman–Crippen LogP) is 3.54. The lowest BCUT2D eigenvalue weighted by atomic mass is 9.98. The number of ether oxygens (including phenoxy) is 1. The van der Waals surface area contributed by atoms with Gasteiger partial charge in [0.15, 0.2) is 0 Å². The van der Waals surface area contributed by atoms with Crippen LogP contribution in [0.1, 0.15) is 25.0 Å². The average Bonchev–Trinajstić information content (AvgIpc) is 2.39. The number of rotatable bonds is 5. The first-order valence-electron chi connectivity index (χ1n) is 6.30. The molecule has 0 fully saturated rings. The Bertz CT molecular complexity index is 544. The molecule has 0 atom stereocenters. The maximum atomic E-state index is 10.6. The second kappa shape index (κ2) is 5.70. The molecule has 0 N–H and O–H groups in total. The van der Waals surface area contributed by atoms with E-state index in [1.165, 1.54) is 5.56 Å². The summed E-state index contributed by atoms with van der Waals surface area (Å²) in [4.78, 5) is 10.6. The first-order valence-corrected chi connectivity index (χ1v) is 6.30. The standard InChI is InChI=1S/C17H17O2/c1-17(2,12-14-7-4-3-5-8-14)19-16-10-6-9-15(11-16)13-18/h3-11H,12H2,1-2H3. The summed E-state index contributed by atoms with van der Waals surface area (Å²) in [6.07, 6.45) is 2.68. The van der Waals surface area contributed by atoms with Crippen LogP contribution < -0.4 is 4.74 Å². The summed E-state index contributed by atoms with van der Waals surface area (Å²) in [6.45, 7) is 4.08. The Morgan fingerprint density at radius 1 is 1.05 bits per heavy atom. The van der Waals surface area contributed by atoms with Crippen LogP contribution in [0.4, 0.5) is 0 Å². The Morgan fingerprint density at radius 3 is 2.47 bits per heavy atom. The highest BCUT2D eigenvalue weighted by molar-refractivity contribution is 5.75. The van der Waals surface area contributed by atoms with Crippen LogP contribution in [0.2, 0.25) is 0 Å². The van der Waals surface area contributed by atoms with E-state index in [-0.39, 0.29) is 5.60 Å². The van der Waals surface area contributed by atoms with Crippen molar-refractivity contribution in [2.75, 3.05) is 0 Å². The highest BCUT2D eigenvalue weighted by Gasteiger charge is 2.20. The van der Waals surface area contributed by atoms with Crippen molar-refractivity contribution >= 4 is 6.29 Å². The summed E-state index contributed by atoms with van der Waals surface area (Å²) in [5.41, 5.74) is 1.40. The Hall–Kier alpha value is -2.09. The van der Waals surface area contributed by atoms with Crippen molar-refractivity contribution in [1.29, 1.82) is 0 Å². The minimum Gasteiger partial charge on any atom is -0.488 e. The number of hydrogen-bond acceptors (Lipinski definition) is 2. The molecule has 2 nitrogen and oxygen atoms in total. The lowest BCUT2D eigenvalue weighted by molar-refractivity contribution is 0.110. The summed E-state index contributed by atoms with van der Waals surface area (Å²) in [6, 6.07) is 17.3. The molecule has 0 bridgehead atoms. The minimum atomic E-state index is -0.330. The minimum absolute atomic E-state index is 0.330. The van der Waals surface area contributed by atoms with Crippen LogP contribution >= 0.6 is 0 Å². The highest BCUT2D eigenvalue weighted by atomic mass is 16.5.